The van der Waals surface area contributed by atoms with E-state index in [-0.39, 0.29) is 5.91 Å². The van der Waals surface area contributed by atoms with Gasteiger partial charge in [0, 0.05) is 0 Å². The van der Waals surface area contributed by atoms with Crippen molar-refractivity contribution in [3.8, 4) is 11.5 Å². The van der Waals surface area contributed by atoms with Crippen LogP contribution in [0.3, 0.4) is 0 Å². The molecule has 3 aromatic carbocycles. The van der Waals surface area contributed by atoms with Crippen LogP contribution in [0, 0.1) is 13.8 Å². The number of para-hydroxylation sites is 1. The minimum atomic E-state index is -0.102. The molecule has 0 aromatic heterocycles. The first-order valence-electron chi connectivity index (χ1n) is 10.3. The van der Waals surface area contributed by atoms with Gasteiger partial charge >= 0.3 is 0 Å². The van der Waals surface area contributed by atoms with Gasteiger partial charge in [0.15, 0.2) is 4.32 Å². The summed E-state index contributed by atoms with van der Waals surface area (Å²) in [5.74, 6) is 1.53. The fraction of sp³-hybridized carbons (Fsp3) is 0.154. The summed E-state index contributed by atoms with van der Waals surface area (Å²) in [4.78, 5) is 15.0. The van der Waals surface area contributed by atoms with Crippen LogP contribution in [0.25, 0.3) is 6.08 Å². The molecule has 1 aliphatic rings. The fourth-order valence-electron chi connectivity index (χ4n) is 3.35. The van der Waals surface area contributed by atoms with Crippen LogP contribution in [-0.4, -0.2) is 23.4 Å². The predicted molar refractivity (Wildman–Crippen MR) is 135 cm³/mol. The molecule has 4 rings (SSSR count). The summed E-state index contributed by atoms with van der Waals surface area (Å²) in [5.41, 5.74) is 4.03. The molecule has 1 heterocycles. The third-order valence-electron chi connectivity index (χ3n) is 4.93. The van der Waals surface area contributed by atoms with Crippen LogP contribution in [-0.2, 0) is 4.79 Å². The van der Waals surface area contributed by atoms with Gasteiger partial charge in [-0.25, -0.2) is 0 Å². The molecule has 0 spiro atoms. The van der Waals surface area contributed by atoms with Crippen LogP contribution in [0.1, 0.15) is 16.7 Å². The lowest BCUT2D eigenvalue weighted by Crippen LogP contribution is -2.27. The smallest absolute Gasteiger partial charge is 0.270 e. The Kier molecular flexibility index (Phi) is 6.93. The number of anilines is 1. The molecule has 32 heavy (non-hydrogen) atoms. The average molecular weight is 462 g/mol. The number of hydrogen-bond acceptors (Lipinski definition) is 5. The van der Waals surface area contributed by atoms with Gasteiger partial charge in [0.2, 0.25) is 0 Å². The summed E-state index contributed by atoms with van der Waals surface area (Å²) in [6, 6.07) is 23.2. The Morgan fingerprint density at radius 1 is 0.938 bits per heavy atom. The number of thioether (sulfide) groups is 1. The molecule has 6 heteroatoms. The lowest BCUT2D eigenvalue weighted by molar-refractivity contribution is -0.113. The molecule has 4 nitrogen and oxygen atoms in total. The Labute approximate surface area is 197 Å². The summed E-state index contributed by atoms with van der Waals surface area (Å²) < 4.78 is 12.1. The van der Waals surface area contributed by atoms with E-state index >= 15 is 0 Å². The third kappa shape index (κ3) is 5.21. The second-order valence-corrected chi connectivity index (χ2v) is 9.06. The molecule has 0 atom stereocenters. The predicted octanol–water partition coefficient (Wildman–Crippen LogP) is 6.17. The van der Waals surface area contributed by atoms with Gasteiger partial charge < -0.3 is 9.47 Å². The summed E-state index contributed by atoms with van der Waals surface area (Å²) >= 11 is 6.73. The molecule has 0 N–H and O–H groups in total. The van der Waals surface area contributed by atoms with Crippen LogP contribution in [0.5, 0.6) is 11.5 Å². The SMILES string of the molecule is Cc1ccc(OCCOc2ccc(/C=C3/SC(=S)N(c4ccccc4)C3=O)cc2)c(C)c1. The average Bonchev–Trinajstić information content (AvgIpc) is 3.07. The van der Waals surface area contributed by atoms with Crippen molar-refractivity contribution in [2.45, 2.75) is 13.8 Å². The molecule has 1 aliphatic heterocycles. The standard InChI is InChI=1S/C26H23NO3S2/c1-18-8-13-23(19(2)16-18)30-15-14-29-22-11-9-20(10-12-22)17-24-25(28)27(26(31)32-24)21-6-4-3-5-7-21/h3-13,16-17H,14-15H2,1-2H3/b24-17+. The summed E-state index contributed by atoms with van der Waals surface area (Å²) in [6.07, 6.45) is 1.86. The van der Waals surface area contributed by atoms with Crippen LogP contribution in [0.2, 0.25) is 0 Å². The Balaban J connectivity index is 1.33. The van der Waals surface area contributed by atoms with Crippen molar-refractivity contribution in [1.29, 1.82) is 0 Å². The highest BCUT2D eigenvalue weighted by Gasteiger charge is 2.33. The van der Waals surface area contributed by atoms with Gasteiger partial charge in [0.05, 0.1) is 10.6 Å². The van der Waals surface area contributed by atoms with Crippen LogP contribution in [0.15, 0.2) is 77.7 Å². The number of hydrogen-bond donors (Lipinski definition) is 0. The van der Waals surface area contributed by atoms with Crippen molar-refractivity contribution in [3.05, 3.63) is 94.4 Å². The number of benzene rings is 3. The highest BCUT2D eigenvalue weighted by atomic mass is 32.2. The topological polar surface area (TPSA) is 38.8 Å². The van der Waals surface area contributed by atoms with Crippen molar-refractivity contribution in [2.75, 3.05) is 18.1 Å². The zero-order chi connectivity index (χ0) is 22.5. The van der Waals surface area contributed by atoms with E-state index in [0.717, 1.165) is 28.3 Å². The van der Waals surface area contributed by atoms with E-state index in [1.165, 1.54) is 17.3 Å². The molecule has 0 bridgehead atoms. The minimum absolute atomic E-state index is 0.102. The molecule has 1 saturated heterocycles. The highest BCUT2D eigenvalue weighted by Crippen LogP contribution is 2.36. The van der Waals surface area contributed by atoms with Gasteiger partial charge in [-0.2, -0.15) is 0 Å². The second kappa shape index (κ2) is 10.0. The van der Waals surface area contributed by atoms with E-state index in [1.54, 1.807) is 4.90 Å². The third-order valence-corrected chi connectivity index (χ3v) is 6.23. The van der Waals surface area contributed by atoms with Gasteiger partial charge in [0.25, 0.3) is 5.91 Å². The molecule has 1 fully saturated rings. The largest absolute Gasteiger partial charge is 0.490 e. The minimum Gasteiger partial charge on any atom is -0.490 e. The molecular weight excluding hydrogens is 438 g/mol. The number of aryl methyl sites for hydroxylation is 2. The lowest BCUT2D eigenvalue weighted by Gasteiger charge is -2.13. The quantitative estimate of drug-likeness (QED) is 0.239. The highest BCUT2D eigenvalue weighted by molar-refractivity contribution is 8.27. The molecular formula is C26H23NO3S2. The van der Waals surface area contributed by atoms with Gasteiger partial charge in [0.1, 0.15) is 24.7 Å². The van der Waals surface area contributed by atoms with E-state index in [0.29, 0.717) is 22.4 Å². The number of carbonyl (C=O) groups excluding carboxylic acids is 1. The van der Waals surface area contributed by atoms with Crippen LogP contribution in [0.4, 0.5) is 5.69 Å². The fourth-order valence-corrected chi connectivity index (χ4v) is 4.65. The van der Waals surface area contributed by atoms with Crippen molar-refractivity contribution in [2.24, 2.45) is 0 Å². The molecule has 3 aromatic rings. The number of carbonyl (C=O) groups is 1. The van der Waals surface area contributed by atoms with E-state index < -0.39 is 0 Å². The molecule has 0 unspecified atom stereocenters. The Bertz CT molecular complexity index is 1160. The zero-order valence-electron chi connectivity index (χ0n) is 17.9. The summed E-state index contributed by atoms with van der Waals surface area (Å²) in [6.45, 7) is 5.01. The first-order chi connectivity index (χ1) is 15.5. The van der Waals surface area contributed by atoms with Gasteiger partial charge in [-0.3, -0.25) is 9.69 Å². The normalized spacial score (nSPS) is 14.8. The van der Waals surface area contributed by atoms with Crippen molar-refractivity contribution in [3.63, 3.8) is 0 Å². The van der Waals surface area contributed by atoms with Gasteiger partial charge in [-0.05, 0) is 61.4 Å². The lowest BCUT2D eigenvalue weighted by atomic mass is 10.1. The first-order valence-corrected chi connectivity index (χ1v) is 11.5. The van der Waals surface area contributed by atoms with Crippen molar-refractivity contribution < 1.29 is 14.3 Å². The van der Waals surface area contributed by atoms with Crippen LogP contribution < -0.4 is 14.4 Å². The number of nitrogens with zero attached hydrogens (tertiary/aromatic N) is 1. The molecule has 162 valence electrons. The van der Waals surface area contributed by atoms with Gasteiger partial charge in [-0.15, -0.1) is 0 Å². The maximum atomic E-state index is 12.8. The van der Waals surface area contributed by atoms with Crippen molar-refractivity contribution in [1.82, 2.24) is 0 Å². The first kappa shape index (κ1) is 22.1. The van der Waals surface area contributed by atoms with Crippen molar-refractivity contribution >= 4 is 46.0 Å². The van der Waals surface area contributed by atoms with Crippen LogP contribution >= 0.6 is 24.0 Å². The monoisotopic (exact) mass is 461 g/mol. The van der Waals surface area contributed by atoms with E-state index in [2.05, 4.69) is 13.0 Å². The zero-order valence-corrected chi connectivity index (χ0v) is 19.5. The number of rotatable bonds is 7. The number of amides is 1. The van der Waals surface area contributed by atoms with E-state index in [4.69, 9.17) is 21.7 Å². The Hall–Kier alpha value is -3.09. The van der Waals surface area contributed by atoms with Gasteiger partial charge in [-0.1, -0.05) is 72.0 Å². The summed E-state index contributed by atoms with van der Waals surface area (Å²) in [7, 11) is 0. The summed E-state index contributed by atoms with van der Waals surface area (Å²) in [5, 5.41) is 0. The molecule has 0 radical (unpaired) electrons. The molecule has 0 saturated carbocycles. The Morgan fingerprint density at radius 3 is 2.38 bits per heavy atom. The molecule has 1 amide bonds. The van der Waals surface area contributed by atoms with E-state index in [1.807, 2.05) is 79.7 Å². The number of thiocarbonyl (C=S) groups is 1. The maximum absolute atomic E-state index is 12.8. The second-order valence-electron chi connectivity index (χ2n) is 7.39. The van der Waals surface area contributed by atoms with E-state index in [9.17, 15) is 4.79 Å². The Morgan fingerprint density at radius 2 is 1.66 bits per heavy atom. The number of ether oxygens (including phenoxy) is 2. The maximum Gasteiger partial charge on any atom is 0.270 e. The molecule has 0 aliphatic carbocycles.